The summed E-state index contributed by atoms with van der Waals surface area (Å²) in [7, 11) is 0. The van der Waals surface area contributed by atoms with Crippen molar-refractivity contribution in [1.29, 1.82) is 0 Å². The number of nitrogens with zero attached hydrogens (tertiary/aromatic N) is 3. The van der Waals surface area contributed by atoms with Crippen LogP contribution in [0.15, 0.2) is 36.7 Å². The van der Waals surface area contributed by atoms with E-state index < -0.39 is 5.91 Å². The molecule has 2 fully saturated rings. The lowest BCUT2D eigenvalue weighted by atomic mass is 9.65. The van der Waals surface area contributed by atoms with Crippen molar-refractivity contribution in [3.63, 3.8) is 0 Å². The van der Waals surface area contributed by atoms with Gasteiger partial charge in [-0.15, -0.1) is 0 Å². The van der Waals surface area contributed by atoms with Crippen molar-refractivity contribution in [2.75, 3.05) is 6.54 Å². The summed E-state index contributed by atoms with van der Waals surface area (Å²) in [5, 5.41) is 4.15. The topological polar surface area (TPSA) is 81.2 Å². The summed E-state index contributed by atoms with van der Waals surface area (Å²) >= 11 is 0. The Labute approximate surface area is 165 Å². The smallest absolute Gasteiger partial charge is 0.254 e. The van der Waals surface area contributed by atoms with Gasteiger partial charge in [0.2, 0.25) is 5.91 Å². The Morgan fingerprint density at radius 1 is 1.14 bits per heavy atom. The molecule has 6 heteroatoms. The highest BCUT2D eigenvalue weighted by atomic mass is 16.2. The van der Waals surface area contributed by atoms with Crippen molar-refractivity contribution in [3.05, 3.63) is 42.2 Å². The Kier molecular flexibility index (Phi) is 4.32. The monoisotopic (exact) mass is 380 g/mol. The molecule has 1 saturated carbocycles. The summed E-state index contributed by atoms with van der Waals surface area (Å²) in [5.74, 6) is -0.300. The molecule has 0 unspecified atom stereocenters. The molecule has 1 aliphatic carbocycles. The molecule has 2 bridgehead atoms. The highest BCUT2D eigenvalue weighted by Crippen LogP contribution is 2.52. The Morgan fingerprint density at radius 2 is 1.86 bits per heavy atom. The van der Waals surface area contributed by atoms with E-state index in [4.69, 9.17) is 5.73 Å². The van der Waals surface area contributed by atoms with Gasteiger partial charge in [0, 0.05) is 29.9 Å². The van der Waals surface area contributed by atoms with E-state index in [1.165, 1.54) is 11.1 Å². The lowest BCUT2D eigenvalue weighted by molar-refractivity contribution is -0.118. The van der Waals surface area contributed by atoms with Crippen LogP contribution in [-0.2, 0) is 11.3 Å². The van der Waals surface area contributed by atoms with Crippen LogP contribution < -0.4 is 5.73 Å². The van der Waals surface area contributed by atoms with E-state index >= 15 is 0 Å². The third-order valence-electron chi connectivity index (χ3n) is 6.09. The van der Waals surface area contributed by atoms with Crippen LogP contribution in [0.1, 0.15) is 50.4 Å². The van der Waals surface area contributed by atoms with Gasteiger partial charge in [0.15, 0.2) is 0 Å². The number of amides is 2. The lowest BCUT2D eigenvalue weighted by Gasteiger charge is -2.39. The molecule has 2 N–H and O–H groups in total. The Balaban J connectivity index is 1.51. The van der Waals surface area contributed by atoms with E-state index in [2.05, 4.69) is 30.8 Å². The summed E-state index contributed by atoms with van der Waals surface area (Å²) in [4.78, 5) is 26.3. The molecule has 28 heavy (non-hydrogen) atoms. The summed E-state index contributed by atoms with van der Waals surface area (Å²) in [6, 6.07) is 7.99. The third-order valence-corrected chi connectivity index (χ3v) is 6.09. The number of hydrogen-bond donors (Lipinski definition) is 1. The van der Waals surface area contributed by atoms with E-state index in [1.807, 2.05) is 24.3 Å². The summed E-state index contributed by atoms with van der Waals surface area (Å²) in [6.45, 7) is 7.86. The van der Waals surface area contributed by atoms with E-state index in [0.29, 0.717) is 11.5 Å². The molecule has 2 heterocycles. The molecule has 4 rings (SSSR count). The predicted molar refractivity (Wildman–Crippen MR) is 107 cm³/mol. The normalized spacial score (nSPS) is 25.7. The Hall–Kier alpha value is -2.63. The number of carbonyl (C=O) groups excluding carboxylic acids is 2. The van der Waals surface area contributed by atoms with Gasteiger partial charge < -0.3 is 10.6 Å². The summed E-state index contributed by atoms with van der Waals surface area (Å²) in [6.07, 6.45) is 6.85. The van der Waals surface area contributed by atoms with Crippen LogP contribution in [0.3, 0.4) is 0 Å². The number of hydrogen-bond acceptors (Lipinski definition) is 3. The molecule has 2 atom stereocenters. The maximum atomic E-state index is 13.2. The second-order valence-corrected chi connectivity index (χ2v) is 9.62. The van der Waals surface area contributed by atoms with Crippen molar-refractivity contribution in [2.24, 2.45) is 16.6 Å². The minimum Gasteiger partial charge on any atom is -0.368 e. The van der Waals surface area contributed by atoms with Crippen molar-refractivity contribution >= 4 is 11.8 Å². The summed E-state index contributed by atoms with van der Waals surface area (Å²) < 4.78 is 1.52. The standard InChI is InChI=1S/C22H28N4O2/c1-21(2)8-18-9-22(3,13-21)14-26(18)20(28)16-6-4-15(5-7-16)17-10-24-25(11-17)12-19(23)27/h4-7,10-11,18H,8-9,12-14H2,1-3H3,(H2,23,27)/t18-,22-/m1/s1. The Bertz CT molecular complexity index is 915. The molecule has 0 spiro atoms. The number of rotatable bonds is 4. The minimum atomic E-state index is -0.428. The molecule has 1 aromatic carbocycles. The zero-order valence-electron chi connectivity index (χ0n) is 16.8. The van der Waals surface area contributed by atoms with Crippen molar-refractivity contribution in [2.45, 2.75) is 52.6 Å². The molecule has 148 valence electrons. The van der Waals surface area contributed by atoms with Crippen molar-refractivity contribution in [1.82, 2.24) is 14.7 Å². The maximum Gasteiger partial charge on any atom is 0.254 e. The van der Waals surface area contributed by atoms with Crippen molar-refractivity contribution in [3.8, 4) is 11.1 Å². The van der Waals surface area contributed by atoms with Crippen LogP contribution >= 0.6 is 0 Å². The zero-order valence-corrected chi connectivity index (χ0v) is 16.8. The lowest BCUT2D eigenvalue weighted by Crippen LogP contribution is -2.37. The first kappa shape index (κ1) is 18.7. The molecule has 2 aliphatic rings. The van der Waals surface area contributed by atoms with Gasteiger partial charge in [-0.1, -0.05) is 32.9 Å². The molecule has 0 radical (unpaired) electrons. The zero-order chi connectivity index (χ0) is 20.1. The first-order valence-corrected chi connectivity index (χ1v) is 9.86. The van der Waals surface area contributed by atoms with Crippen LogP contribution in [-0.4, -0.2) is 39.1 Å². The first-order valence-electron chi connectivity index (χ1n) is 9.86. The molecular formula is C22H28N4O2. The maximum absolute atomic E-state index is 13.2. The highest BCUT2D eigenvalue weighted by Gasteiger charge is 2.50. The van der Waals surface area contributed by atoms with Gasteiger partial charge in [0.1, 0.15) is 6.54 Å². The fraction of sp³-hybridized carbons (Fsp3) is 0.500. The molecular weight excluding hydrogens is 352 g/mol. The minimum absolute atomic E-state index is 0.0576. The average molecular weight is 380 g/mol. The number of benzene rings is 1. The third kappa shape index (κ3) is 3.55. The van der Waals surface area contributed by atoms with E-state index in [-0.39, 0.29) is 17.9 Å². The van der Waals surface area contributed by atoms with Crippen LogP contribution in [0.25, 0.3) is 11.1 Å². The molecule has 1 aliphatic heterocycles. The quantitative estimate of drug-likeness (QED) is 0.885. The van der Waals surface area contributed by atoms with Gasteiger partial charge in [-0.2, -0.15) is 5.10 Å². The van der Waals surface area contributed by atoms with Gasteiger partial charge in [0.25, 0.3) is 5.91 Å². The fourth-order valence-electron chi connectivity index (χ4n) is 5.43. The van der Waals surface area contributed by atoms with Gasteiger partial charge in [-0.3, -0.25) is 14.3 Å². The second kappa shape index (κ2) is 6.47. The second-order valence-electron chi connectivity index (χ2n) is 9.62. The number of carbonyl (C=O) groups is 2. The molecule has 1 aromatic heterocycles. The van der Waals surface area contributed by atoms with E-state index in [1.54, 1.807) is 12.4 Å². The molecule has 2 amide bonds. The first-order chi connectivity index (χ1) is 13.1. The number of nitrogens with two attached hydrogens (primary N) is 1. The molecule has 6 nitrogen and oxygen atoms in total. The van der Waals surface area contributed by atoms with Crippen LogP contribution in [0.2, 0.25) is 0 Å². The van der Waals surface area contributed by atoms with Crippen LogP contribution in [0, 0.1) is 10.8 Å². The van der Waals surface area contributed by atoms with Gasteiger partial charge in [-0.25, -0.2) is 0 Å². The molecule has 2 aromatic rings. The number of likely N-dealkylation sites (tertiary alicyclic amines) is 1. The van der Waals surface area contributed by atoms with E-state index in [0.717, 1.165) is 36.1 Å². The van der Waals surface area contributed by atoms with Crippen LogP contribution in [0.5, 0.6) is 0 Å². The fourth-order valence-corrected chi connectivity index (χ4v) is 5.43. The predicted octanol–water partition coefficient (Wildman–Crippen LogP) is 3.08. The van der Waals surface area contributed by atoms with Crippen LogP contribution in [0.4, 0.5) is 0 Å². The Morgan fingerprint density at radius 3 is 2.54 bits per heavy atom. The largest absolute Gasteiger partial charge is 0.368 e. The number of aromatic nitrogens is 2. The number of primary amides is 1. The SMILES string of the molecule is CC1(C)C[C@@H]2C[C@@](C)(CN2C(=O)c2ccc(-c3cnn(CC(N)=O)c3)cc2)C1. The van der Waals surface area contributed by atoms with Crippen molar-refractivity contribution < 1.29 is 9.59 Å². The van der Waals surface area contributed by atoms with E-state index in [9.17, 15) is 9.59 Å². The summed E-state index contributed by atoms with van der Waals surface area (Å²) in [5.41, 5.74) is 8.31. The van der Waals surface area contributed by atoms with Gasteiger partial charge in [-0.05, 0) is 47.8 Å². The van der Waals surface area contributed by atoms with Gasteiger partial charge in [0.05, 0.1) is 6.20 Å². The number of fused-ring (bicyclic) bond motifs is 2. The molecule has 1 saturated heterocycles. The van der Waals surface area contributed by atoms with Gasteiger partial charge >= 0.3 is 0 Å². The highest BCUT2D eigenvalue weighted by molar-refractivity contribution is 5.95. The average Bonchev–Trinajstić information content (AvgIpc) is 3.14.